The van der Waals surface area contributed by atoms with Crippen LogP contribution in [0.2, 0.25) is 0 Å². The number of aryl methyl sites for hydroxylation is 2. The molecule has 3 heterocycles. The molecule has 40 heavy (non-hydrogen) atoms. The minimum absolute atomic E-state index is 0.202. The first-order valence-electron chi connectivity index (χ1n) is 13.2. The first-order valence-corrected chi connectivity index (χ1v) is 14.0. The molecule has 0 N–H and O–H groups in total. The Morgan fingerprint density at radius 3 is 2.33 bits per heavy atom. The van der Waals surface area contributed by atoms with Crippen molar-refractivity contribution in [3.8, 4) is 11.4 Å². The Morgan fingerprint density at radius 1 is 1.02 bits per heavy atom. The second-order valence-corrected chi connectivity index (χ2v) is 11.3. The van der Waals surface area contributed by atoms with E-state index >= 15 is 0 Å². The van der Waals surface area contributed by atoms with Gasteiger partial charge in [0.25, 0.3) is 5.56 Å². The fourth-order valence-electron chi connectivity index (χ4n) is 5.13. The molecule has 0 unspecified atom stereocenters. The Kier molecular flexibility index (Phi) is 7.38. The topological polar surface area (TPSA) is 74.8 Å². The average molecular weight is 556 g/mol. The summed E-state index contributed by atoms with van der Waals surface area (Å²) in [6.45, 7) is 11.6. The lowest BCUT2D eigenvalue weighted by molar-refractivity contribution is -0.143. The predicted octanol–water partition coefficient (Wildman–Crippen LogP) is 4.91. The SMILES string of the molecule is COc1ccc([C@@H]2C(C(=O)OC(C)C)=C(C)N=c3s/c(=C\c4cc(C)n(-c5ccc(C)cc5)c4C)c(=O)n32)cc1. The van der Waals surface area contributed by atoms with E-state index in [0.717, 1.165) is 28.2 Å². The summed E-state index contributed by atoms with van der Waals surface area (Å²) in [5.74, 6) is 0.208. The number of ether oxygens (including phenoxy) is 2. The Labute approximate surface area is 237 Å². The van der Waals surface area contributed by atoms with Gasteiger partial charge in [-0.05, 0) is 89.1 Å². The molecule has 2 aromatic carbocycles. The summed E-state index contributed by atoms with van der Waals surface area (Å²) in [5, 5.41) is 0. The Hall–Kier alpha value is -4.17. The second-order valence-electron chi connectivity index (χ2n) is 10.3. The molecule has 0 bridgehead atoms. The standard InChI is InChI=1S/C32H33N3O4S/c1-18(2)39-31(37)28-21(5)33-32-35(29(28)23-10-14-26(38-7)15-11-23)30(36)27(40-32)17-24-16-20(4)34(22(24)6)25-12-8-19(3)9-13-25/h8-18,29H,1-7H3/b27-17-/t29-/m1/s1. The largest absolute Gasteiger partial charge is 0.497 e. The number of carbonyl (C=O) groups is 1. The van der Waals surface area contributed by atoms with Crippen molar-refractivity contribution in [2.45, 2.75) is 53.7 Å². The third kappa shape index (κ3) is 4.95. The number of hydrogen-bond acceptors (Lipinski definition) is 6. The summed E-state index contributed by atoms with van der Waals surface area (Å²) in [6, 6.07) is 17.2. The molecule has 8 heteroatoms. The van der Waals surface area contributed by atoms with E-state index in [1.54, 1.807) is 32.4 Å². The molecule has 0 fully saturated rings. The van der Waals surface area contributed by atoms with Crippen molar-refractivity contribution in [2.75, 3.05) is 7.11 Å². The van der Waals surface area contributed by atoms with Crippen LogP contribution >= 0.6 is 11.3 Å². The number of carbonyl (C=O) groups excluding carboxylic acids is 1. The van der Waals surface area contributed by atoms with Gasteiger partial charge in [0.15, 0.2) is 4.80 Å². The number of fused-ring (bicyclic) bond motifs is 1. The van der Waals surface area contributed by atoms with Crippen molar-refractivity contribution in [1.29, 1.82) is 0 Å². The quantitative estimate of drug-likeness (QED) is 0.317. The molecule has 1 aliphatic rings. The number of aromatic nitrogens is 2. The van der Waals surface area contributed by atoms with Gasteiger partial charge in [-0.1, -0.05) is 41.2 Å². The lowest BCUT2D eigenvalue weighted by Crippen LogP contribution is -2.40. The van der Waals surface area contributed by atoms with Gasteiger partial charge in [0.1, 0.15) is 5.75 Å². The second kappa shape index (κ2) is 10.8. The van der Waals surface area contributed by atoms with E-state index in [2.05, 4.69) is 55.7 Å². The molecule has 1 aliphatic heterocycles. The van der Waals surface area contributed by atoms with E-state index in [-0.39, 0.29) is 11.7 Å². The fraction of sp³-hybridized carbons (Fsp3) is 0.281. The number of benzene rings is 2. The van der Waals surface area contributed by atoms with E-state index < -0.39 is 12.0 Å². The van der Waals surface area contributed by atoms with Crippen LogP contribution in [0.5, 0.6) is 5.75 Å². The van der Waals surface area contributed by atoms with Crippen LogP contribution in [0.4, 0.5) is 0 Å². The van der Waals surface area contributed by atoms with Gasteiger partial charge in [-0.25, -0.2) is 9.79 Å². The van der Waals surface area contributed by atoms with Crippen LogP contribution < -0.4 is 19.6 Å². The van der Waals surface area contributed by atoms with Gasteiger partial charge in [-0.2, -0.15) is 0 Å². The van der Waals surface area contributed by atoms with Gasteiger partial charge >= 0.3 is 5.97 Å². The van der Waals surface area contributed by atoms with Crippen molar-refractivity contribution in [3.63, 3.8) is 0 Å². The zero-order valence-corrected chi connectivity index (χ0v) is 24.6. The maximum Gasteiger partial charge on any atom is 0.338 e. The van der Waals surface area contributed by atoms with Gasteiger partial charge < -0.3 is 14.0 Å². The van der Waals surface area contributed by atoms with Crippen LogP contribution in [0.25, 0.3) is 11.8 Å². The maximum absolute atomic E-state index is 14.0. The molecular formula is C32H33N3O4S. The summed E-state index contributed by atoms with van der Waals surface area (Å²) in [7, 11) is 1.60. The molecule has 2 aromatic heterocycles. The minimum atomic E-state index is -0.671. The molecule has 0 radical (unpaired) electrons. The van der Waals surface area contributed by atoms with Crippen molar-refractivity contribution >= 4 is 23.4 Å². The highest BCUT2D eigenvalue weighted by Crippen LogP contribution is 2.32. The summed E-state index contributed by atoms with van der Waals surface area (Å²) in [5.41, 5.74) is 6.81. The van der Waals surface area contributed by atoms with E-state index in [1.165, 1.54) is 16.9 Å². The molecular weight excluding hydrogens is 522 g/mol. The molecule has 0 spiro atoms. The highest BCUT2D eigenvalue weighted by molar-refractivity contribution is 7.07. The minimum Gasteiger partial charge on any atom is -0.497 e. The monoisotopic (exact) mass is 555 g/mol. The molecule has 0 amide bonds. The first-order chi connectivity index (χ1) is 19.1. The van der Waals surface area contributed by atoms with Crippen molar-refractivity contribution in [3.05, 3.63) is 114 Å². The number of esters is 1. The van der Waals surface area contributed by atoms with Crippen molar-refractivity contribution < 1.29 is 14.3 Å². The number of rotatable bonds is 6. The van der Waals surface area contributed by atoms with E-state index in [0.29, 0.717) is 26.4 Å². The lowest BCUT2D eigenvalue weighted by atomic mass is 9.96. The summed E-state index contributed by atoms with van der Waals surface area (Å²) >= 11 is 1.32. The lowest BCUT2D eigenvalue weighted by Gasteiger charge is -2.25. The summed E-state index contributed by atoms with van der Waals surface area (Å²) in [4.78, 5) is 32.6. The van der Waals surface area contributed by atoms with Crippen molar-refractivity contribution in [2.24, 2.45) is 4.99 Å². The highest BCUT2D eigenvalue weighted by Gasteiger charge is 2.33. The highest BCUT2D eigenvalue weighted by atomic mass is 32.1. The number of methoxy groups -OCH3 is 1. The van der Waals surface area contributed by atoms with Crippen LogP contribution in [-0.4, -0.2) is 28.3 Å². The zero-order chi connectivity index (χ0) is 28.7. The smallest absolute Gasteiger partial charge is 0.338 e. The third-order valence-electron chi connectivity index (χ3n) is 7.06. The van der Waals surface area contributed by atoms with Crippen molar-refractivity contribution in [1.82, 2.24) is 9.13 Å². The summed E-state index contributed by atoms with van der Waals surface area (Å²) < 4.78 is 15.3. The van der Waals surface area contributed by atoms with Gasteiger partial charge in [0.05, 0.1) is 35.1 Å². The fourth-order valence-corrected chi connectivity index (χ4v) is 6.17. The number of hydrogen-bond donors (Lipinski definition) is 0. The summed E-state index contributed by atoms with van der Waals surface area (Å²) in [6.07, 6.45) is 1.62. The van der Waals surface area contributed by atoms with Crippen LogP contribution in [0, 0.1) is 20.8 Å². The van der Waals surface area contributed by atoms with Crippen LogP contribution in [0.15, 0.2) is 75.7 Å². The predicted molar refractivity (Wildman–Crippen MR) is 158 cm³/mol. The van der Waals surface area contributed by atoms with Crippen LogP contribution in [0.3, 0.4) is 0 Å². The number of nitrogens with zero attached hydrogens (tertiary/aromatic N) is 3. The first kappa shape index (κ1) is 27.4. The molecule has 5 rings (SSSR count). The zero-order valence-electron chi connectivity index (χ0n) is 23.8. The van der Waals surface area contributed by atoms with Gasteiger partial charge in [-0.3, -0.25) is 9.36 Å². The maximum atomic E-state index is 14.0. The van der Waals surface area contributed by atoms with Gasteiger partial charge in [-0.15, -0.1) is 0 Å². The van der Waals surface area contributed by atoms with Gasteiger partial charge in [0, 0.05) is 17.1 Å². The number of thiazole rings is 1. The molecule has 206 valence electrons. The molecule has 0 saturated carbocycles. The van der Waals surface area contributed by atoms with E-state index in [1.807, 2.05) is 30.3 Å². The Bertz CT molecular complexity index is 1800. The van der Waals surface area contributed by atoms with Crippen LogP contribution in [-0.2, 0) is 9.53 Å². The molecule has 7 nitrogen and oxygen atoms in total. The Balaban J connectivity index is 1.67. The van der Waals surface area contributed by atoms with E-state index in [4.69, 9.17) is 14.5 Å². The number of allylic oxidation sites excluding steroid dienone is 1. The Morgan fingerprint density at radius 2 is 1.70 bits per heavy atom. The van der Waals surface area contributed by atoms with Crippen LogP contribution in [0.1, 0.15) is 54.9 Å². The van der Waals surface area contributed by atoms with E-state index in [9.17, 15) is 9.59 Å². The normalized spacial score (nSPS) is 15.3. The molecule has 0 aliphatic carbocycles. The molecule has 1 atom stereocenters. The average Bonchev–Trinajstić information content (AvgIpc) is 3.37. The third-order valence-corrected chi connectivity index (χ3v) is 8.05. The molecule has 4 aromatic rings. The molecule has 0 saturated heterocycles. The van der Waals surface area contributed by atoms with Gasteiger partial charge in [0.2, 0.25) is 0 Å².